The highest BCUT2D eigenvalue weighted by Crippen LogP contribution is 2.28. The van der Waals surface area contributed by atoms with Gasteiger partial charge in [0.25, 0.3) is 0 Å². The number of amides is 1. The minimum atomic E-state index is 0.104. The van der Waals surface area contributed by atoms with E-state index in [1.165, 1.54) is 0 Å². The Hall–Kier alpha value is -2.05. The van der Waals surface area contributed by atoms with Crippen molar-refractivity contribution in [2.45, 2.75) is 38.6 Å². The van der Waals surface area contributed by atoms with Crippen LogP contribution in [0.2, 0.25) is 0 Å². The summed E-state index contributed by atoms with van der Waals surface area (Å²) in [5, 5.41) is 7.43. The lowest BCUT2D eigenvalue weighted by Crippen LogP contribution is -2.36. The van der Waals surface area contributed by atoms with Crippen molar-refractivity contribution in [2.24, 2.45) is 7.05 Å². The third-order valence-corrected chi connectivity index (χ3v) is 3.86. The Morgan fingerprint density at radius 2 is 2.30 bits per heavy atom. The summed E-state index contributed by atoms with van der Waals surface area (Å²) in [6.45, 7) is 2.72. The average Bonchev–Trinajstić information content (AvgIpc) is 2.90. The molecule has 108 valence electrons. The number of aromatic nitrogens is 4. The number of carbonyl (C=O) groups is 1. The number of imidazole rings is 1. The van der Waals surface area contributed by atoms with Gasteiger partial charge in [-0.1, -0.05) is 13.3 Å². The SMILES string of the molecule is CCCc1nn(C)c2c1nc(N)n2C1CCC(=O)NC1. The van der Waals surface area contributed by atoms with Crippen LogP contribution in [0.15, 0.2) is 0 Å². The molecular formula is C13H20N6O. The lowest BCUT2D eigenvalue weighted by atomic mass is 10.1. The molecule has 3 rings (SSSR count). The third kappa shape index (κ3) is 1.93. The van der Waals surface area contributed by atoms with Gasteiger partial charge in [0.2, 0.25) is 11.9 Å². The number of carbonyl (C=O) groups excluding carboxylic acids is 1. The largest absolute Gasteiger partial charge is 0.369 e. The highest BCUT2D eigenvalue weighted by molar-refractivity contribution is 5.79. The summed E-state index contributed by atoms with van der Waals surface area (Å²) in [5.41, 5.74) is 8.93. The normalized spacial score (nSPS) is 19.5. The molecule has 3 N–H and O–H groups in total. The number of rotatable bonds is 3. The number of fused-ring (bicyclic) bond motifs is 1. The monoisotopic (exact) mass is 276 g/mol. The number of anilines is 1. The average molecular weight is 276 g/mol. The summed E-state index contributed by atoms with van der Waals surface area (Å²) in [5.74, 6) is 0.611. The highest BCUT2D eigenvalue weighted by Gasteiger charge is 2.26. The Labute approximate surface area is 117 Å². The van der Waals surface area contributed by atoms with Gasteiger partial charge in [-0.15, -0.1) is 0 Å². The molecule has 7 nitrogen and oxygen atoms in total. The van der Waals surface area contributed by atoms with Crippen molar-refractivity contribution in [3.8, 4) is 0 Å². The molecule has 0 bridgehead atoms. The zero-order chi connectivity index (χ0) is 14.3. The first-order valence-corrected chi connectivity index (χ1v) is 7.07. The minimum absolute atomic E-state index is 0.104. The van der Waals surface area contributed by atoms with Crippen molar-refractivity contribution in [2.75, 3.05) is 12.3 Å². The Balaban J connectivity index is 2.06. The van der Waals surface area contributed by atoms with Crippen LogP contribution in [0.4, 0.5) is 5.95 Å². The Morgan fingerprint density at radius 1 is 1.50 bits per heavy atom. The first-order chi connectivity index (χ1) is 9.61. The molecule has 0 radical (unpaired) electrons. The second kappa shape index (κ2) is 4.81. The Morgan fingerprint density at radius 3 is 2.95 bits per heavy atom. The van der Waals surface area contributed by atoms with Crippen molar-refractivity contribution >= 4 is 23.0 Å². The van der Waals surface area contributed by atoms with E-state index in [1.54, 1.807) is 0 Å². The van der Waals surface area contributed by atoms with E-state index in [0.717, 1.165) is 36.1 Å². The molecule has 1 atom stereocenters. The number of piperidine rings is 1. The zero-order valence-corrected chi connectivity index (χ0v) is 11.9. The van der Waals surface area contributed by atoms with E-state index in [9.17, 15) is 4.79 Å². The first kappa shape index (κ1) is 13.0. The fraction of sp³-hybridized carbons (Fsp3) is 0.615. The van der Waals surface area contributed by atoms with E-state index in [2.05, 4.69) is 22.3 Å². The molecule has 0 spiro atoms. The molecule has 1 saturated heterocycles. The van der Waals surface area contributed by atoms with Gasteiger partial charge in [-0.05, 0) is 12.8 Å². The topological polar surface area (TPSA) is 90.8 Å². The van der Waals surface area contributed by atoms with Crippen LogP contribution in [0, 0.1) is 0 Å². The van der Waals surface area contributed by atoms with Crippen LogP contribution in [0.3, 0.4) is 0 Å². The van der Waals surface area contributed by atoms with Gasteiger partial charge in [0.1, 0.15) is 5.52 Å². The molecule has 1 aliphatic heterocycles. The minimum Gasteiger partial charge on any atom is -0.369 e. The zero-order valence-electron chi connectivity index (χ0n) is 11.9. The first-order valence-electron chi connectivity index (χ1n) is 7.07. The van der Waals surface area contributed by atoms with Crippen molar-refractivity contribution in [3.05, 3.63) is 5.69 Å². The van der Waals surface area contributed by atoms with Crippen LogP contribution < -0.4 is 11.1 Å². The van der Waals surface area contributed by atoms with Crippen LogP contribution >= 0.6 is 0 Å². The van der Waals surface area contributed by atoms with Crippen LogP contribution in [-0.4, -0.2) is 31.8 Å². The van der Waals surface area contributed by atoms with Gasteiger partial charge < -0.3 is 11.1 Å². The summed E-state index contributed by atoms with van der Waals surface area (Å²) >= 11 is 0. The van der Waals surface area contributed by atoms with Crippen LogP contribution in [0.5, 0.6) is 0 Å². The molecule has 2 aromatic heterocycles. The molecule has 1 amide bonds. The molecule has 1 unspecified atom stereocenters. The van der Waals surface area contributed by atoms with Gasteiger partial charge in [0, 0.05) is 20.0 Å². The second-order valence-electron chi connectivity index (χ2n) is 5.33. The van der Waals surface area contributed by atoms with Gasteiger partial charge in [-0.3, -0.25) is 14.0 Å². The quantitative estimate of drug-likeness (QED) is 0.865. The Bertz CT molecular complexity index is 645. The summed E-state index contributed by atoms with van der Waals surface area (Å²) in [6.07, 6.45) is 3.24. The number of nitrogen functional groups attached to an aromatic ring is 1. The Kier molecular flexibility index (Phi) is 3.11. The second-order valence-corrected chi connectivity index (χ2v) is 5.33. The maximum Gasteiger partial charge on any atom is 0.220 e. The van der Waals surface area contributed by atoms with E-state index < -0.39 is 0 Å². The third-order valence-electron chi connectivity index (χ3n) is 3.86. The number of aryl methyl sites for hydroxylation is 2. The summed E-state index contributed by atoms with van der Waals surface area (Å²) in [6, 6.07) is 0.155. The lowest BCUT2D eigenvalue weighted by molar-refractivity contribution is -0.122. The molecule has 0 aliphatic carbocycles. The maximum absolute atomic E-state index is 11.3. The highest BCUT2D eigenvalue weighted by atomic mass is 16.1. The van der Waals surface area contributed by atoms with Crippen LogP contribution in [-0.2, 0) is 18.3 Å². The van der Waals surface area contributed by atoms with E-state index >= 15 is 0 Å². The number of hydrogen-bond donors (Lipinski definition) is 2. The molecule has 0 aromatic carbocycles. The van der Waals surface area contributed by atoms with Crippen LogP contribution in [0.1, 0.15) is 37.9 Å². The predicted octanol–water partition coefficient (Wildman–Crippen LogP) is 0.756. The van der Waals surface area contributed by atoms with E-state index in [-0.39, 0.29) is 11.9 Å². The van der Waals surface area contributed by atoms with Gasteiger partial charge in [0.15, 0.2) is 5.65 Å². The van der Waals surface area contributed by atoms with Gasteiger partial charge in [-0.2, -0.15) is 5.10 Å². The van der Waals surface area contributed by atoms with Crippen LogP contribution in [0.25, 0.3) is 11.2 Å². The summed E-state index contributed by atoms with van der Waals surface area (Å²) in [7, 11) is 1.92. The predicted molar refractivity (Wildman–Crippen MR) is 76.2 cm³/mol. The lowest BCUT2D eigenvalue weighted by Gasteiger charge is -2.24. The fourth-order valence-electron chi connectivity index (χ4n) is 2.92. The molecule has 1 aliphatic rings. The van der Waals surface area contributed by atoms with Gasteiger partial charge in [-0.25, -0.2) is 4.98 Å². The molecule has 20 heavy (non-hydrogen) atoms. The smallest absolute Gasteiger partial charge is 0.220 e. The van der Waals surface area contributed by atoms with Crippen molar-refractivity contribution < 1.29 is 4.79 Å². The molecule has 3 heterocycles. The van der Waals surface area contributed by atoms with Crippen molar-refractivity contribution in [1.82, 2.24) is 24.6 Å². The summed E-state index contributed by atoms with van der Waals surface area (Å²) < 4.78 is 3.86. The molecule has 7 heteroatoms. The summed E-state index contributed by atoms with van der Waals surface area (Å²) in [4.78, 5) is 15.8. The fourth-order valence-corrected chi connectivity index (χ4v) is 2.92. The van der Waals surface area contributed by atoms with E-state index in [4.69, 9.17) is 5.73 Å². The number of nitrogens with zero attached hydrogens (tertiary/aromatic N) is 4. The van der Waals surface area contributed by atoms with E-state index in [1.807, 2.05) is 16.3 Å². The number of hydrogen-bond acceptors (Lipinski definition) is 4. The maximum atomic E-state index is 11.3. The number of nitrogens with one attached hydrogen (secondary N) is 1. The molecule has 1 fully saturated rings. The van der Waals surface area contributed by atoms with Crippen molar-refractivity contribution in [3.63, 3.8) is 0 Å². The van der Waals surface area contributed by atoms with E-state index in [0.29, 0.717) is 18.9 Å². The van der Waals surface area contributed by atoms with Gasteiger partial charge in [0.05, 0.1) is 11.7 Å². The molecular weight excluding hydrogens is 256 g/mol. The molecule has 0 saturated carbocycles. The molecule has 2 aromatic rings. The van der Waals surface area contributed by atoms with Crippen molar-refractivity contribution in [1.29, 1.82) is 0 Å². The number of nitrogens with two attached hydrogens (primary N) is 1. The standard InChI is InChI=1S/C13H20N6O/c1-3-4-9-11-12(18(2)17-9)19(13(14)16-11)8-5-6-10(20)15-7-8/h8H,3-7H2,1-2H3,(H2,14,16)(H,15,20). The van der Waals surface area contributed by atoms with Gasteiger partial charge >= 0.3 is 0 Å².